The van der Waals surface area contributed by atoms with Crippen molar-refractivity contribution in [3.8, 4) is 0 Å². The van der Waals surface area contributed by atoms with Crippen LogP contribution in [0.4, 0.5) is 0 Å². The summed E-state index contributed by atoms with van der Waals surface area (Å²) in [6.45, 7) is 0.0953. The lowest BCUT2D eigenvalue weighted by Gasteiger charge is -2.00. The summed E-state index contributed by atoms with van der Waals surface area (Å²) in [5.74, 6) is 0. The molecule has 0 radical (unpaired) electrons. The van der Waals surface area contributed by atoms with Gasteiger partial charge in [-0.25, -0.2) is 4.68 Å². The molecule has 0 fully saturated rings. The van der Waals surface area contributed by atoms with E-state index in [4.69, 9.17) is 5.11 Å². The smallest absolute Gasteiger partial charge is 0.291 e. The highest BCUT2D eigenvalue weighted by atomic mass is 79.9. The van der Waals surface area contributed by atoms with Crippen molar-refractivity contribution < 1.29 is 5.11 Å². The predicted octanol–water partition coefficient (Wildman–Crippen LogP) is 1.63. The minimum atomic E-state index is -0.214. The van der Waals surface area contributed by atoms with Gasteiger partial charge in [0.05, 0.1) is 19.3 Å². The first-order valence-corrected chi connectivity index (χ1v) is 6.28. The lowest BCUT2D eigenvalue weighted by Crippen LogP contribution is -2.24. The molecule has 0 unspecified atom stereocenters. The van der Waals surface area contributed by atoms with E-state index in [-0.39, 0.29) is 18.7 Å². The van der Waals surface area contributed by atoms with Crippen LogP contribution in [0.1, 0.15) is 0 Å². The largest absolute Gasteiger partial charge is 0.394 e. The second kappa shape index (κ2) is 4.22. The van der Waals surface area contributed by atoms with Crippen molar-refractivity contribution in [1.82, 2.24) is 14.8 Å². The maximum atomic E-state index is 12.1. The summed E-state index contributed by atoms with van der Waals surface area (Å²) in [5.41, 5.74) is 1.20. The van der Waals surface area contributed by atoms with Gasteiger partial charge in [-0.05, 0) is 18.2 Å². The number of aromatic nitrogens is 3. The molecule has 2 aromatic heterocycles. The summed E-state index contributed by atoms with van der Waals surface area (Å²) < 4.78 is 2.21. The van der Waals surface area contributed by atoms with Crippen molar-refractivity contribution in [3.05, 3.63) is 39.2 Å². The van der Waals surface area contributed by atoms with E-state index in [1.54, 1.807) is 6.20 Å². The number of nitrogens with zero attached hydrogens (tertiary/aromatic N) is 2. The third-order valence-electron chi connectivity index (χ3n) is 2.89. The predicted molar refractivity (Wildman–Crippen MR) is 72.6 cm³/mol. The number of nitrogens with one attached hydrogen (secondary N) is 1. The first-order valence-electron chi connectivity index (χ1n) is 5.48. The highest BCUT2D eigenvalue weighted by molar-refractivity contribution is 9.10. The zero-order chi connectivity index (χ0) is 12.7. The Hall–Kier alpha value is -1.66. The van der Waals surface area contributed by atoms with Crippen molar-refractivity contribution in [2.75, 3.05) is 6.61 Å². The van der Waals surface area contributed by atoms with Crippen molar-refractivity contribution in [3.63, 3.8) is 0 Å². The molecule has 0 amide bonds. The number of hydrogen-bond donors (Lipinski definition) is 2. The number of H-pyrrole nitrogens is 1. The van der Waals surface area contributed by atoms with E-state index in [0.717, 1.165) is 20.8 Å². The Morgan fingerprint density at radius 1 is 1.39 bits per heavy atom. The molecule has 2 N–H and O–H groups in total. The van der Waals surface area contributed by atoms with Gasteiger partial charge in [0.2, 0.25) is 0 Å². The van der Waals surface area contributed by atoms with Crippen molar-refractivity contribution >= 4 is 37.7 Å². The number of halogens is 1. The van der Waals surface area contributed by atoms with E-state index in [2.05, 4.69) is 26.0 Å². The third-order valence-corrected chi connectivity index (χ3v) is 3.38. The molecule has 0 aliphatic carbocycles. The second-order valence-corrected chi connectivity index (χ2v) is 4.92. The molecular weight excluding hydrogens is 298 g/mol. The first-order chi connectivity index (χ1) is 8.70. The van der Waals surface area contributed by atoms with Crippen LogP contribution in [-0.2, 0) is 6.54 Å². The van der Waals surface area contributed by atoms with Gasteiger partial charge in [-0.2, -0.15) is 5.10 Å². The number of benzene rings is 1. The number of hydrogen-bond acceptors (Lipinski definition) is 3. The van der Waals surface area contributed by atoms with Gasteiger partial charge >= 0.3 is 0 Å². The Morgan fingerprint density at radius 3 is 3.00 bits per heavy atom. The Morgan fingerprint density at radius 2 is 2.22 bits per heavy atom. The van der Waals surface area contributed by atoms with E-state index in [1.165, 1.54) is 4.68 Å². The molecule has 1 aromatic carbocycles. The third kappa shape index (κ3) is 1.65. The minimum Gasteiger partial charge on any atom is -0.394 e. The van der Waals surface area contributed by atoms with Gasteiger partial charge in [0.25, 0.3) is 5.56 Å². The minimum absolute atomic E-state index is 0.107. The van der Waals surface area contributed by atoms with Crippen LogP contribution >= 0.6 is 15.9 Å². The molecule has 0 saturated heterocycles. The molecule has 0 aliphatic heterocycles. The molecule has 18 heavy (non-hydrogen) atoms. The Bertz CT molecular complexity index is 791. The van der Waals surface area contributed by atoms with Gasteiger partial charge in [-0.15, -0.1) is 0 Å². The van der Waals surface area contributed by atoms with Gasteiger partial charge < -0.3 is 10.1 Å². The quantitative estimate of drug-likeness (QED) is 0.756. The molecule has 5 nitrogen and oxygen atoms in total. The molecule has 92 valence electrons. The number of fused-ring (bicyclic) bond motifs is 3. The van der Waals surface area contributed by atoms with Crippen LogP contribution in [0.5, 0.6) is 0 Å². The lowest BCUT2D eigenvalue weighted by molar-refractivity contribution is 0.266. The van der Waals surface area contributed by atoms with E-state index < -0.39 is 0 Å². The van der Waals surface area contributed by atoms with E-state index >= 15 is 0 Å². The summed E-state index contributed by atoms with van der Waals surface area (Å²) in [7, 11) is 0. The van der Waals surface area contributed by atoms with Crippen LogP contribution < -0.4 is 5.56 Å². The molecule has 3 aromatic rings. The fourth-order valence-corrected chi connectivity index (χ4v) is 2.41. The molecule has 3 rings (SSSR count). The van der Waals surface area contributed by atoms with Crippen molar-refractivity contribution in [2.45, 2.75) is 6.54 Å². The average Bonchev–Trinajstić information content (AvgIpc) is 2.72. The molecule has 0 spiro atoms. The number of aliphatic hydroxyl groups excluding tert-OH is 1. The number of aromatic amines is 1. The summed E-state index contributed by atoms with van der Waals surface area (Å²) in [6, 6.07) is 5.78. The standard InChI is InChI=1S/C12H10BrN3O2/c13-7-1-2-10-8(5-7)9-6-14-16(3-4-17)12(18)11(9)15-10/h1-2,5-6,15,17H,3-4H2. The van der Waals surface area contributed by atoms with Gasteiger partial charge in [0, 0.05) is 20.8 Å². The SMILES string of the molecule is O=c1c2[nH]c3ccc(Br)cc3c2cnn1CCO. The zero-order valence-corrected chi connectivity index (χ0v) is 10.9. The molecule has 0 atom stereocenters. The fraction of sp³-hybridized carbons (Fsp3) is 0.167. The molecule has 2 heterocycles. The average molecular weight is 308 g/mol. The molecular formula is C12H10BrN3O2. The topological polar surface area (TPSA) is 70.9 Å². The van der Waals surface area contributed by atoms with Crippen molar-refractivity contribution in [1.29, 1.82) is 0 Å². The van der Waals surface area contributed by atoms with E-state index in [1.807, 2.05) is 18.2 Å². The van der Waals surface area contributed by atoms with Gasteiger partial charge in [0.15, 0.2) is 0 Å². The Balaban J connectivity index is 2.40. The van der Waals surface area contributed by atoms with Crippen LogP contribution in [0.25, 0.3) is 21.8 Å². The van der Waals surface area contributed by atoms with Gasteiger partial charge in [-0.1, -0.05) is 15.9 Å². The molecule has 0 aliphatic rings. The zero-order valence-electron chi connectivity index (χ0n) is 9.35. The van der Waals surface area contributed by atoms with Gasteiger partial charge in [-0.3, -0.25) is 4.79 Å². The maximum Gasteiger partial charge on any atom is 0.291 e. The summed E-state index contributed by atoms with van der Waals surface area (Å²) in [6.07, 6.45) is 1.65. The van der Waals surface area contributed by atoms with Crippen molar-refractivity contribution in [2.24, 2.45) is 0 Å². The molecule has 0 bridgehead atoms. The normalized spacial score (nSPS) is 11.4. The summed E-state index contributed by atoms with van der Waals surface area (Å²) in [4.78, 5) is 15.2. The van der Waals surface area contributed by atoms with Crippen LogP contribution in [0.3, 0.4) is 0 Å². The monoisotopic (exact) mass is 307 g/mol. The van der Waals surface area contributed by atoms with Crippen LogP contribution in [-0.4, -0.2) is 26.5 Å². The highest BCUT2D eigenvalue weighted by Gasteiger charge is 2.10. The second-order valence-electron chi connectivity index (χ2n) is 4.00. The van der Waals surface area contributed by atoms with Crippen LogP contribution in [0, 0.1) is 0 Å². The maximum absolute atomic E-state index is 12.1. The number of rotatable bonds is 2. The Labute approximate surface area is 110 Å². The molecule has 0 saturated carbocycles. The van der Waals surface area contributed by atoms with Gasteiger partial charge in [0.1, 0.15) is 5.52 Å². The van der Waals surface area contributed by atoms with Crippen LogP contribution in [0.15, 0.2) is 33.7 Å². The van der Waals surface area contributed by atoms with E-state index in [9.17, 15) is 4.79 Å². The summed E-state index contributed by atoms with van der Waals surface area (Å²) >= 11 is 3.41. The first kappa shape index (κ1) is 11.4. The van der Waals surface area contributed by atoms with Crippen LogP contribution in [0.2, 0.25) is 0 Å². The fourth-order valence-electron chi connectivity index (χ4n) is 2.05. The van der Waals surface area contributed by atoms with E-state index in [0.29, 0.717) is 5.52 Å². The Kier molecular flexibility index (Phi) is 2.68. The number of aliphatic hydroxyl groups is 1. The lowest BCUT2D eigenvalue weighted by atomic mass is 10.2. The highest BCUT2D eigenvalue weighted by Crippen LogP contribution is 2.25. The summed E-state index contributed by atoms with van der Waals surface area (Å²) in [5, 5.41) is 14.7. The molecule has 6 heteroatoms.